The number of aliphatic carboxylic acids is 1. The van der Waals surface area contributed by atoms with Gasteiger partial charge < -0.3 is 50.0 Å². The molecule has 13 heteroatoms. The quantitative estimate of drug-likeness (QED) is 0.188. The van der Waals surface area contributed by atoms with Gasteiger partial charge in [0.15, 0.2) is 18.7 Å². The predicted octanol–water partition coefficient (Wildman–Crippen LogP) is -3.93. The Balaban J connectivity index is 2.19. The standard InChI is InChI=1S/C12H19IO12/c13-25-12-7(19)5(17)8(9(24-12)10(20)21)23-11-6(18)4(16)3(15)2(1-14)22-11/h2-9,11-12,14-19H,1H2,(H,20,21)/t2-,3-,4+,5-,6-,7-,8+,9+,11+,12+/m1/s1. The molecule has 10 atom stereocenters. The molecule has 0 aromatic heterocycles. The van der Waals surface area contributed by atoms with Crippen molar-refractivity contribution in [2.75, 3.05) is 6.61 Å². The van der Waals surface area contributed by atoms with Gasteiger partial charge in [0.2, 0.25) is 0 Å². The minimum Gasteiger partial charge on any atom is -0.479 e. The Morgan fingerprint density at radius 1 is 0.920 bits per heavy atom. The number of carboxylic acid groups (broad SMARTS) is 1. The monoisotopic (exact) mass is 482 g/mol. The van der Waals surface area contributed by atoms with Crippen molar-refractivity contribution in [3.63, 3.8) is 0 Å². The van der Waals surface area contributed by atoms with Crippen molar-refractivity contribution in [2.45, 2.75) is 61.4 Å². The third-order valence-corrected chi connectivity index (χ3v) is 4.52. The SMILES string of the molecule is O=C(O)[C@H]1O[C@@H](OI)[C@H](O)[C@@H](O)[C@@H]1O[C@@H]1O[C@H](CO)[C@@H](O)[C@H](O)[C@H]1O. The van der Waals surface area contributed by atoms with E-state index in [-0.39, 0.29) is 0 Å². The highest BCUT2D eigenvalue weighted by Crippen LogP contribution is 2.30. The fourth-order valence-electron chi connectivity index (χ4n) is 2.60. The number of hydrogen-bond donors (Lipinski definition) is 7. The Morgan fingerprint density at radius 2 is 1.52 bits per heavy atom. The highest BCUT2D eigenvalue weighted by atomic mass is 127. The van der Waals surface area contributed by atoms with Crippen molar-refractivity contribution in [2.24, 2.45) is 0 Å². The number of ether oxygens (including phenoxy) is 3. The number of rotatable bonds is 5. The van der Waals surface area contributed by atoms with Gasteiger partial charge in [-0.2, -0.15) is 0 Å². The van der Waals surface area contributed by atoms with Crippen molar-refractivity contribution < 1.29 is 57.8 Å². The lowest BCUT2D eigenvalue weighted by Gasteiger charge is -2.44. The van der Waals surface area contributed by atoms with Crippen LogP contribution in [-0.2, 0) is 22.1 Å². The van der Waals surface area contributed by atoms with Crippen LogP contribution in [-0.4, -0.2) is 110 Å². The first-order valence-electron chi connectivity index (χ1n) is 7.20. The first-order valence-corrected chi connectivity index (χ1v) is 8.08. The first kappa shape index (κ1) is 21.1. The van der Waals surface area contributed by atoms with Crippen LogP contribution in [0.15, 0.2) is 0 Å². The van der Waals surface area contributed by atoms with Gasteiger partial charge >= 0.3 is 5.97 Å². The third-order valence-electron chi connectivity index (χ3n) is 4.02. The summed E-state index contributed by atoms with van der Waals surface area (Å²) in [6.45, 7) is -0.718. The molecule has 7 N–H and O–H groups in total. The average molecular weight is 482 g/mol. The summed E-state index contributed by atoms with van der Waals surface area (Å²) < 4.78 is 20.0. The number of carboxylic acids is 1. The predicted molar refractivity (Wildman–Crippen MR) is 82.1 cm³/mol. The summed E-state index contributed by atoms with van der Waals surface area (Å²) in [7, 11) is 0. The van der Waals surface area contributed by atoms with Crippen LogP contribution in [0.1, 0.15) is 0 Å². The zero-order valence-electron chi connectivity index (χ0n) is 12.5. The van der Waals surface area contributed by atoms with E-state index in [1.807, 2.05) is 0 Å². The number of hydrogen-bond acceptors (Lipinski definition) is 11. The molecule has 2 aliphatic rings. The summed E-state index contributed by atoms with van der Waals surface area (Å²) in [5.74, 6) is -1.54. The lowest BCUT2D eigenvalue weighted by Crippen LogP contribution is -2.65. The van der Waals surface area contributed by atoms with Gasteiger partial charge in [-0.15, -0.1) is 0 Å². The topological polar surface area (TPSA) is 196 Å². The highest BCUT2D eigenvalue weighted by molar-refractivity contribution is 14.1. The lowest BCUT2D eigenvalue weighted by molar-refractivity contribution is -0.346. The molecular formula is C12H19IO12. The summed E-state index contributed by atoms with van der Waals surface area (Å²) in [4.78, 5) is 11.4. The Morgan fingerprint density at radius 3 is 2.04 bits per heavy atom. The van der Waals surface area contributed by atoms with Gasteiger partial charge in [-0.3, -0.25) is 3.07 Å². The number of aliphatic hydroxyl groups excluding tert-OH is 6. The zero-order valence-corrected chi connectivity index (χ0v) is 14.7. The molecule has 2 aliphatic heterocycles. The lowest BCUT2D eigenvalue weighted by atomic mass is 9.97. The van der Waals surface area contributed by atoms with E-state index in [0.29, 0.717) is 0 Å². The van der Waals surface area contributed by atoms with E-state index in [9.17, 15) is 35.4 Å². The van der Waals surface area contributed by atoms with Gasteiger partial charge in [-0.25, -0.2) is 4.79 Å². The van der Waals surface area contributed by atoms with Gasteiger partial charge in [0, 0.05) is 0 Å². The smallest absolute Gasteiger partial charge is 0.335 e. The molecular weight excluding hydrogens is 463 g/mol. The molecule has 2 fully saturated rings. The van der Waals surface area contributed by atoms with Crippen LogP contribution >= 0.6 is 23.0 Å². The summed E-state index contributed by atoms with van der Waals surface area (Å²) in [5.41, 5.74) is 0. The zero-order chi connectivity index (χ0) is 18.9. The number of carbonyl (C=O) groups is 1. The fraction of sp³-hybridized carbons (Fsp3) is 0.917. The average Bonchev–Trinajstić information content (AvgIpc) is 2.59. The van der Waals surface area contributed by atoms with Crippen molar-refractivity contribution >= 4 is 29.0 Å². The summed E-state index contributed by atoms with van der Waals surface area (Å²) in [6.07, 6.45) is -16.6. The molecule has 12 nitrogen and oxygen atoms in total. The van der Waals surface area contributed by atoms with E-state index < -0.39 is 74.0 Å². The molecule has 0 unspecified atom stereocenters. The molecule has 0 aromatic carbocycles. The maximum Gasteiger partial charge on any atom is 0.335 e. The normalized spacial score (nSPS) is 48.3. The molecule has 0 aliphatic carbocycles. The Labute approximate surface area is 155 Å². The molecule has 2 rings (SSSR count). The van der Waals surface area contributed by atoms with Crippen LogP contribution in [0, 0.1) is 0 Å². The van der Waals surface area contributed by atoms with Crippen molar-refractivity contribution in [3.8, 4) is 0 Å². The van der Waals surface area contributed by atoms with Crippen LogP contribution in [0.5, 0.6) is 0 Å². The summed E-state index contributed by atoms with van der Waals surface area (Å²) in [5, 5.41) is 67.7. The largest absolute Gasteiger partial charge is 0.479 e. The van der Waals surface area contributed by atoms with Gasteiger partial charge in [-0.1, -0.05) is 0 Å². The minimum atomic E-state index is -1.81. The Hall–Kier alpha value is -0.200. The molecule has 0 spiro atoms. The maximum atomic E-state index is 11.4. The molecule has 25 heavy (non-hydrogen) atoms. The fourth-order valence-corrected chi connectivity index (χ4v) is 3.02. The molecule has 0 bridgehead atoms. The van der Waals surface area contributed by atoms with E-state index in [0.717, 1.165) is 0 Å². The van der Waals surface area contributed by atoms with Crippen molar-refractivity contribution in [3.05, 3.63) is 0 Å². The Bertz CT molecular complexity index is 463. The van der Waals surface area contributed by atoms with Crippen LogP contribution in [0.25, 0.3) is 0 Å². The van der Waals surface area contributed by atoms with Gasteiger partial charge in [0.05, 0.1) is 6.61 Å². The molecule has 2 saturated heterocycles. The second-order valence-electron chi connectivity index (χ2n) is 5.63. The minimum absolute atomic E-state index is 0.718. The maximum absolute atomic E-state index is 11.4. The number of aliphatic hydroxyl groups is 6. The van der Waals surface area contributed by atoms with Crippen molar-refractivity contribution in [1.29, 1.82) is 0 Å². The number of halogens is 1. The van der Waals surface area contributed by atoms with Gasteiger partial charge in [0.25, 0.3) is 0 Å². The molecule has 0 saturated carbocycles. The van der Waals surface area contributed by atoms with Gasteiger partial charge in [0.1, 0.15) is 65.7 Å². The summed E-state index contributed by atoms with van der Waals surface area (Å²) in [6, 6.07) is 0. The van der Waals surface area contributed by atoms with Crippen LogP contribution in [0.2, 0.25) is 0 Å². The molecule has 0 amide bonds. The molecule has 146 valence electrons. The van der Waals surface area contributed by atoms with E-state index >= 15 is 0 Å². The van der Waals surface area contributed by atoms with Crippen molar-refractivity contribution in [1.82, 2.24) is 0 Å². The van der Waals surface area contributed by atoms with E-state index in [1.54, 1.807) is 0 Å². The van der Waals surface area contributed by atoms with E-state index in [1.165, 1.54) is 23.0 Å². The second kappa shape index (κ2) is 8.66. The van der Waals surface area contributed by atoms with Crippen LogP contribution in [0.4, 0.5) is 0 Å². The highest BCUT2D eigenvalue weighted by Gasteiger charge is 2.52. The van der Waals surface area contributed by atoms with Gasteiger partial charge in [-0.05, 0) is 0 Å². The Kier molecular flexibility index (Phi) is 7.31. The van der Waals surface area contributed by atoms with Crippen LogP contribution in [0.3, 0.4) is 0 Å². The molecule has 0 aromatic rings. The molecule has 0 radical (unpaired) electrons. The third kappa shape index (κ3) is 4.22. The first-order chi connectivity index (χ1) is 11.7. The molecule has 2 heterocycles. The summed E-state index contributed by atoms with van der Waals surface area (Å²) >= 11 is 1.36. The second-order valence-corrected chi connectivity index (χ2v) is 6.14. The van der Waals surface area contributed by atoms with E-state index in [4.69, 9.17) is 22.4 Å². The van der Waals surface area contributed by atoms with Crippen LogP contribution < -0.4 is 0 Å². The van der Waals surface area contributed by atoms with E-state index in [2.05, 4.69) is 0 Å².